The molecule has 16 heavy (non-hydrogen) atoms. The molecule has 0 bridgehead atoms. The van der Waals surface area contributed by atoms with Crippen molar-refractivity contribution in [3.63, 3.8) is 0 Å². The smallest absolute Gasteiger partial charge is 0.227 e. The van der Waals surface area contributed by atoms with Crippen LogP contribution in [0, 0.1) is 22.7 Å². The van der Waals surface area contributed by atoms with Crippen molar-refractivity contribution in [2.45, 2.75) is 33.1 Å². The van der Waals surface area contributed by atoms with Crippen LogP contribution >= 0.6 is 0 Å². The summed E-state index contributed by atoms with van der Waals surface area (Å²) in [6.07, 6.45) is 2.85. The van der Waals surface area contributed by atoms with Gasteiger partial charge in [-0.25, -0.2) is 0 Å². The molecule has 0 aromatic heterocycles. The molecule has 1 amide bonds. The molecule has 1 fully saturated rings. The van der Waals surface area contributed by atoms with Crippen LogP contribution in [0.15, 0.2) is 0 Å². The van der Waals surface area contributed by atoms with E-state index in [0.29, 0.717) is 6.54 Å². The summed E-state index contributed by atoms with van der Waals surface area (Å²) in [5.41, 5.74) is -0.257. The van der Waals surface area contributed by atoms with Gasteiger partial charge in [0.05, 0.1) is 17.4 Å². The second-order valence-electron chi connectivity index (χ2n) is 4.65. The van der Waals surface area contributed by atoms with Crippen LogP contribution in [0.1, 0.15) is 33.1 Å². The van der Waals surface area contributed by atoms with E-state index >= 15 is 0 Å². The molecule has 1 rings (SSSR count). The largest absolute Gasteiger partial charge is 0.354 e. The van der Waals surface area contributed by atoms with Gasteiger partial charge < -0.3 is 10.6 Å². The van der Waals surface area contributed by atoms with Gasteiger partial charge in [-0.2, -0.15) is 5.26 Å². The molecule has 1 saturated heterocycles. The highest BCUT2D eigenvalue weighted by molar-refractivity contribution is 5.83. The number of hydrogen-bond donors (Lipinski definition) is 2. The first-order valence-corrected chi connectivity index (χ1v) is 6.03. The summed E-state index contributed by atoms with van der Waals surface area (Å²) in [5.74, 6) is -0.0151. The maximum Gasteiger partial charge on any atom is 0.227 e. The number of amides is 1. The van der Waals surface area contributed by atoms with Crippen molar-refractivity contribution in [3.8, 4) is 6.07 Å². The molecule has 0 aliphatic carbocycles. The number of nitrogens with one attached hydrogen (secondary N) is 2. The Morgan fingerprint density at radius 2 is 2.44 bits per heavy atom. The van der Waals surface area contributed by atoms with E-state index in [9.17, 15) is 4.79 Å². The van der Waals surface area contributed by atoms with Gasteiger partial charge in [-0.05, 0) is 32.7 Å². The number of nitrogens with zero attached hydrogens (tertiary/aromatic N) is 1. The normalized spacial score (nSPS) is 26.8. The van der Waals surface area contributed by atoms with Gasteiger partial charge >= 0.3 is 0 Å². The molecular weight excluding hydrogens is 202 g/mol. The van der Waals surface area contributed by atoms with E-state index in [4.69, 9.17) is 5.26 Å². The Morgan fingerprint density at radius 1 is 1.69 bits per heavy atom. The summed E-state index contributed by atoms with van der Waals surface area (Å²) < 4.78 is 0. The monoisotopic (exact) mass is 223 g/mol. The Morgan fingerprint density at radius 3 is 2.94 bits per heavy atom. The molecule has 0 aromatic rings. The Kier molecular flexibility index (Phi) is 4.75. The number of hydrogen-bond acceptors (Lipinski definition) is 3. The summed E-state index contributed by atoms with van der Waals surface area (Å²) in [4.78, 5) is 12.1. The average Bonchev–Trinajstić information content (AvgIpc) is 2.36. The third-order valence-corrected chi connectivity index (χ3v) is 3.42. The van der Waals surface area contributed by atoms with Crippen molar-refractivity contribution in [2.24, 2.45) is 11.3 Å². The van der Waals surface area contributed by atoms with Crippen molar-refractivity contribution < 1.29 is 4.79 Å². The van der Waals surface area contributed by atoms with Crippen LogP contribution in [0.5, 0.6) is 0 Å². The van der Waals surface area contributed by atoms with Gasteiger partial charge in [-0.15, -0.1) is 0 Å². The summed E-state index contributed by atoms with van der Waals surface area (Å²) >= 11 is 0. The molecule has 1 aliphatic heterocycles. The Hall–Kier alpha value is -1.08. The van der Waals surface area contributed by atoms with E-state index in [-0.39, 0.29) is 17.2 Å². The molecule has 0 radical (unpaired) electrons. The fourth-order valence-corrected chi connectivity index (χ4v) is 2.10. The number of carbonyl (C=O) groups is 1. The van der Waals surface area contributed by atoms with Crippen molar-refractivity contribution in [3.05, 3.63) is 0 Å². The zero-order valence-corrected chi connectivity index (χ0v) is 10.2. The van der Waals surface area contributed by atoms with E-state index < -0.39 is 0 Å². The second kappa shape index (κ2) is 5.86. The van der Waals surface area contributed by atoms with Gasteiger partial charge in [0.2, 0.25) is 5.91 Å². The van der Waals surface area contributed by atoms with Crippen LogP contribution in [-0.2, 0) is 4.79 Å². The van der Waals surface area contributed by atoms with E-state index in [1.165, 1.54) is 0 Å². The molecule has 90 valence electrons. The predicted octanol–water partition coefficient (Wildman–Crippen LogP) is 1.04. The van der Waals surface area contributed by atoms with Crippen LogP contribution in [0.4, 0.5) is 0 Å². The van der Waals surface area contributed by atoms with Crippen molar-refractivity contribution in [1.82, 2.24) is 10.6 Å². The van der Waals surface area contributed by atoms with Gasteiger partial charge in [0.1, 0.15) is 0 Å². The maximum atomic E-state index is 12.1. The summed E-state index contributed by atoms with van der Waals surface area (Å²) in [6, 6.07) is 2.12. The van der Waals surface area contributed by atoms with Crippen LogP contribution < -0.4 is 10.6 Å². The zero-order chi connectivity index (χ0) is 12.0. The molecular formula is C12H21N3O. The number of carbonyl (C=O) groups excluding carboxylic acids is 1. The SMILES string of the molecule is CCC1(C(=O)NCC(C)C#N)CCCNC1. The van der Waals surface area contributed by atoms with Gasteiger partial charge in [0, 0.05) is 13.1 Å². The van der Waals surface area contributed by atoms with Crippen molar-refractivity contribution in [1.29, 1.82) is 5.26 Å². The van der Waals surface area contributed by atoms with Crippen LogP contribution in [-0.4, -0.2) is 25.5 Å². The van der Waals surface area contributed by atoms with Crippen molar-refractivity contribution in [2.75, 3.05) is 19.6 Å². The average molecular weight is 223 g/mol. The fourth-order valence-electron chi connectivity index (χ4n) is 2.10. The lowest BCUT2D eigenvalue weighted by Crippen LogP contribution is -2.50. The van der Waals surface area contributed by atoms with Crippen molar-refractivity contribution >= 4 is 5.91 Å². The molecule has 2 N–H and O–H groups in total. The first-order chi connectivity index (χ1) is 7.64. The zero-order valence-electron chi connectivity index (χ0n) is 10.2. The van der Waals surface area contributed by atoms with Gasteiger partial charge in [-0.3, -0.25) is 4.79 Å². The topological polar surface area (TPSA) is 64.9 Å². The fraction of sp³-hybridized carbons (Fsp3) is 0.833. The summed E-state index contributed by atoms with van der Waals surface area (Å²) in [6.45, 7) is 6.09. The Bertz CT molecular complexity index is 276. The summed E-state index contributed by atoms with van der Waals surface area (Å²) in [7, 11) is 0. The Labute approximate surface area is 97.4 Å². The quantitative estimate of drug-likeness (QED) is 0.748. The van der Waals surface area contributed by atoms with E-state index in [1.54, 1.807) is 0 Å². The predicted molar refractivity (Wildman–Crippen MR) is 62.6 cm³/mol. The minimum Gasteiger partial charge on any atom is -0.354 e. The minimum atomic E-state index is -0.257. The highest BCUT2D eigenvalue weighted by Gasteiger charge is 2.37. The molecule has 2 atom stereocenters. The third-order valence-electron chi connectivity index (χ3n) is 3.42. The number of rotatable bonds is 4. The molecule has 0 spiro atoms. The lowest BCUT2D eigenvalue weighted by Gasteiger charge is -2.35. The first kappa shape index (κ1) is 13.0. The van der Waals surface area contributed by atoms with Crippen LogP contribution in [0.2, 0.25) is 0 Å². The lowest BCUT2D eigenvalue weighted by atomic mass is 9.77. The van der Waals surface area contributed by atoms with Crippen LogP contribution in [0.3, 0.4) is 0 Å². The second-order valence-corrected chi connectivity index (χ2v) is 4.65. The molecule has 0 saturated carbocycles. The first-order valence-electron chi connectivity index (χ1n) is 6.03. The highest BCUT2D eigenvalue weighted by Crippen LogP contribution is 2.30. The molecule has 4 heteroatoms. The van der Waals surface area contributed by atoms with Gasteiger partial charge in [0.15, 0.2) is 0 Å². The van der Waals surface area contributed by atoms with E-state index in [0.717, 1.165) is 32.4 Å². The molecule has 2 unspecified atom stereocenters. The Balaban J connectivity index is 2.52. The van der Waals surface area contributed by atoms with Crippen LogP contribution in [0.25, 0.3) is 0 Å². The number of piperidine rings is 1. The molecule has 4 nitrogen and oxygen atoms in total. The molecule has 1 aliphatic rings. The highest BCUT2D eigenvalue weighted by atomic mass is 16.2. The standard InChI is InChI=1S/C12H21N3O/c1-3-12(5-4-6-14-9-12)11(16)15-8-10(2)7-13/h10,14H,3-6,8-9H2,1-2H3,(H,15,16). The molecule has 0 aromatic carbocycles. The third kappa shape index (κ3) is 2.96. The van der Waals surface area contributed by atoms with Gasteiger partial charge in [0.25, 0.3) is 0 Å². The summed E-state index contributed by atoms with van der Waals surface area (Å²) in [5, 5.41) is 14.8. The van der Waals surface area contributed by atoms with E-state index in [2.05, 4.69) is 23.6 Å². The molecule has 1 heterocycles. The van der Waals surface area contributed by atoms with E-state index in [1.807, 2.05) is 6.92 Å². The lowest BCUT2D eigenvalue weighted by molar-refractivity contribution is -0.132. The number of nitriles is 1. The van der Waals surface area contributed by atoms with Gasteiger partial charge in [-0.1, -0.05) is 6.92 Å². The maximum absolute atomic E-state index is 12.1. The minimum absolute atomic E-state index is 0.101.